The average molecular weight is 346 g/mol. The maximum Gasteiger partial charge on any atom is 0.224 e. The van der Waals surface area contributed by atoms with E-state index in [0.29, 0.717) is 5.95 Å². The molecule has 0 amide bonds. The van der Waals surface area contributed by atoms with Crippen LogP contribution < -0.4 is 10.6 Å². The van der Waals surface area contributed by atoms with Crippen LogP contribution in [-0.4, -0.2) is 16.5 Å². The number of aryl methyl sites for hydroxylation is 3. The molecule has 3 rings (SSSR count). The molecule has 0 saturated heterocycles. The van der Waals surface area contributed by atoms with Crippen molar-refractivity contribution in [2.24, 2.45) is 0 Å². The first-order valence-electron chi connectivity index (χ1n) is 9.22. The second-order valence-electron chi connectivity index (χ2n) is 6.41. The monoisotopic (exact) mass is 346 g/mol. The quantitative estimate of drug-likeness (QED) is 0.555. The van der Waals surface area contributed by atoms with E-state index in [1.165, 1.54) is 11.1 Å². The summed E-state index contributed by atoms with van der Waals surface area (Å²) < 4.78 is 0. The number of nitrogens with zero attached hydrogens (tertiary/aromatic N) is 2. The van der Waals surface area contributed by atoms with Crippen LogP contribution in [0.2, 0.25) is 0 Å². The lowest BCUT2D eigenvalue weighted by Crippen LogP contribution is -2.08. The van der Waals surface area contributed by atoms with Gasteiger partial charge in [0.05, 0.1) is 0 Å². The molecule has 1 heterocycles. The summed E-state index contributed by atoms with van der Waals surface area (Å²) >= 11 is 0. The predicted octanol–water partition coefficient (Wildman–Crippen LogP) is 5.14. The van der Waals surface area contributed by atoms with E-state index in [4.69, 9.17) is 0 Å². The molecule has 2 N–H and O–H groups in total. The number of aromatic nitrogens is 2. The van der Waals surface area contributed by atoms with E-state index in [2.05, 4.69) is 76.1 Å². The number of nitrogens with one attached hydrogen (secondary N) is 2. The molecule has 4 nitrogen and oxygen atoms in total. The van der Waals surface area contributed by atoms with Gasteiger partial charge in [-0.1, -0.05) is 49.4 Å². The summed E-state index contributed by atoms with van der Waals surface area (Å²) in [5.41, 5.74) is 4.67. The molecule has 1 aromatic heterocycles. The standard InChI is InChI=1S/C22H26N4/c1-3-18-11-13-20(14-12-18)25-21-16-17(2)24-22(26-21)23-15-7-10-19-8-5-4-6-9-19/h4-6,8-9,11-14,16H,3,7,10,15H2,1-2H3,(H2,23,24,25,26). The van der Waals surface area contributed by atoms with Crippen molar-refractivity contribution in [1.29, 1.82) is 0 Å². The summed E-state index contributed by atoms with van der Waals surface area (Å²) in [5.74, 6) is 1.48. The minimum Gasteiger partial charge on any atom is -0.354 e. The van der Waals surface area contributed by atoms with Gasteiger partial charge in [0.15, 0.2) is 0 Å². The average Bonchev–Trinajstić information content (AvgIpc) is 2.66. The maximum absolute atomic E-state index is 4.58. The second-order valence-corrected chi connectivity index (χ2v) is 6.41. The number of benzene rings is 2. The van der Waals surface area contributed by atoms with E-state index in [1.807, 2.05) is 19.1 Å². The highest BCUT2D eigenvalue weighted by molar-refractivity contribution is 5.57. The van der Waals surface area contributed by atoms with E-state index in [9.17, 15) is 0 Å². The Kier molecular flexibility index (Phi) is 6.20. The molecule has 3 aromatic rings. The van der Waals surface area contributed by atoms with E-state index in [1.54, 1.807) is 0 Å². The Morgan fingerprint density at radius 1 is 0.885 bits per heavy atom. The Hall–Kier alpha value is -2.88. The molecule has 4 heteroatoms. The van der Waals surface area contributed by atoms with Crippen LogP contribution in [0.5, 0.6) is 0 Å². The Balaban J connectivity index is 1.56. The van der Waals surface area contributed by atoms with Crippen LogP contribution >= 0.6 is 0 Å². The van der Waals surface area contributed by atoms with E-state index < -0.39 is 0 Å². The molecular formula is C22H26N4. The van der Waals surface area contributed by atoms with Gasteiger partial charge in [0, 0.05) is 24.0 Å². The van der Waals surface area contributed by atoms with E-state index in [-0.39, 0.29) is 0 Å². The number of anilines is 3. The molecule has 2 aromatic carbocycles. The lowest BCUT2D eigenvalue weighted by Gasteiger charge is -2.10. The fourth-order valence-corrected chi connectivity index (χ4v) is 2.82. The SMILES string of the molecule is CCc1ccc(Nc2cc(C)nc(NCCCc3ccccc3)n2)cc1. The molecule has 0 aliphatic carbocycles. The normalized spacial score (nSPS) is 10.5. The second kappa shape index (κ2) is 8.99. The van der Waals surface area contributed by atoms with Crippen molar-refractivity contribution in [2.45, 2.75) is 33.1 Å². The van der Waals surface area contributed by atoms with Gasteiger partial charge in [0.1, 0.15) is 5.82 Å². The van der Waals surface area contributed by atoms with Gasteiger partial charge in [-0.3, -0.25) is 0 Å². The molecule has 0 aliphatic rings. The highest BCUT2D eigenvalue weighted by atomic mass is 15.1. The highest BCUT2D eigenvalue weighted by Crippen LogP contribution is 2.17. The first-order chi connectivity index (χ1) is 12.7. The lowest BCUT2D eigenvalue weighted by molar-refractivity contribution is 0.851. The third-order valence-electron chi connectivity index (χ3n) is 4.26. The molecule has 0 fully saturated rings. The number of hydrogen-bond acceptors (Lipinski definition) is 4. The molecule has 26 heavy (non-hydrogen) atoms. The third kappa shape index (κ3) is 5.31. The highest BCUT2D eigenvalue weighted by Gasteiger charge is 2.03. The third-order valence-corrected chi connectivity index (χ3v) is 4.26. The number of rotatable bonds is 8. The van der Waals surface area contributed by atoms with Crippen molar-refractivity contribution >= 4 is 17.5 Å². The van der Waals surface area contributed by atoms with Gasteiger partial charge in [0.25, 0.3) is 0 Å². The Bertz CT molecular complexity index is 813. The van der Waals surface area contributed by atoms with Crippen LogP contribution in [-0.2, 0) is 12.8 Å². The largest absolute Gasteiger partial charge is 0.354 e. The van der Waals surface area contributed by atoms with Crippen LogP contribution in [0.4, 0.5) is 17.5 Å². The summed E-state index contributed by atoms with van der Waals surface area (Å²) in [7, 11) is 0. The zero-order chi connectivity index (χ0) is 18.2. The van der Waals surface area contributed by atoms with Crippen molar-refractivity contribution < 1.29 is 0 Å². The topological polar surface area (TPSA) is 49.8 Å². The van der Waals surface area contributed by atoms with E-state index in [0.717, 1.165) is 43.0 Å². The van der Waals surface area contributed by atoms with Crippen LogP contribution in [0, 0.1) is 6.92 Å². The van der Waals surface area contributed by atoms with Gasteiger partial charge >= 0.3 is 0 Å². The first kappa shape index (κ1) is 17.9. The minimum atomic E-state index is 0.672. The molecule has 0 bridgehead atoms. The fourth-order valence-electron chi connectivity index (χ4n) is 2.82. The Morgan fingerprint density at radius 3 is 2.38 bits per heavy atom. The molecule has 0 aliphatic heterocycles. The van der Waals surface area contributed by atoms with Crippen LogP contribution in [0.25, 0.3) is 0 Å². The summed E-state index contributed by atoms with van der Waals surface area (Å²) in [6, 6.07) is 20.9. The smallest absolute Gasteiger partial charge is 0.224 e. The van der Waals surface area contributed by atoms with Gasteiger partial charge in [0.2, 0.25) is 5.95 Å². The van der Waals surface area contributed by atoms with Crippen LogP contribution in [0.15, 0.2) is 60.7 Å². The Morgan fingerprint density at radius 2 is 1.65 bits per heavy atom. The zero-order valence-electron chi connectivity index (χ0n) is 15.5. The van der Waals surface area contributed by atoms with Gasteiger partial charge < -0.3 is 10.6 Å². The molecule has 0 unspecified atom stereocenters. The van der Waals surface area contributed by atoms with Gasteiger partial charge in [-0.05, 0) is 49.4 Å². The van der Waals surface area contributed by atoms with Crippen molar-refractivity contribution in [3.63, 3.8) is 0 Å². The number of hydrogen-bond donors (Lipinski definition) is 2. The summed E-state index contributed by atoms with van der Waals surface area (Å²) in [6.45, 7) is 5.00. The van der Waals surface area contributed by atoms with Crippen molar-refractivity contribution in [3.05, 3.63) is 77.5 Å². The van der Waals surface area contributed by atoms with Crippen molar-refractivity contribution in [1.82, 2.24) is 9.97 Å². The molecule has 0 spiro atoms. The predicted molar refractivity (Wildman–Crippen MR) is 109 cm³/mol. The molecule has 0 radical (unpaired) electrons. The summed E-state index contributed by atoms with van der Waals surface area (Å²) in [4.78, 5) is 9.07. The summed E-state index contributed by atoms with van der Waals surface area (Å²) in [5, 5.41) is 6.70. The molecular weight excluding hydrogens is 320 g/mol. The Labute approximate surface area is 155 Å². The van der Waals surface area contributed by atoms with Crippen molar-refractivity contribution in [2.75, 3.05) is 17.2 Å². The van der Waals surface area contributed by atoms with Gasteiger partial charge in [-0.25, -0.2) is 4.98 Å². The fraction of sp³-hybridized carbons (Fsp3) is 0.273. The zero-order valence-corrected chi connectivity index (χ0v) is 15.5. The maximum atomic E-state index is 4.58. The first-order valence-corrected chi connectivity index (χ1v) is 9.22. The molecule has 134 valence electrons. The molecule has 0 saturated carbocycles. The van der Waals surface area contributed by atoms with Crippen LogP contribution in [0.1, 0.15) is 30.2 Å². The van der Waals surface area contributed by atoms with E-state index >= 15 is 0 Å². The lowest BCUT2D eigenvalue weighted by atomic mass is 10.1. The summed E-state index contributed by atoms with van der Waals surface area (Å²) in [6.07, 6.45) is 3.14. The molecule has 0 atom stereocenters. The van der Waals surface area contributed by atoms with Crippen LogP contribution in [0.3, 0.4) is 0 Å². The van der Waals surface area contributed by atoms with Crippen molar-refractivity contribution in [3.8, 4) is 0 Å². The van der Waals surface area contributed by atoms with Gasteiger partial charge in [-0.15, -0.1) is 0 Å². The minimum absolute atomic E-state index is 0.672. The van der Waals surface area contributed by atoms with Gasteiger partial charge in [-0.2, -0.15) is 4.98 Å².